The fraction of sp³-hybridized carbons (Fsp3) is 0.214. The Morgan fingerprint density at radius 3 is 3.00 bits per heavy atom. The van der Waals surface area contributed by atoms with Crippen LogP contribution in [0.4, 0.5) is 0 Å². The van der Waals surface area contributed by atoms with E-state index in [2.05, 4.69) is 0 Å². The third kappa shape index (κ3) is 1.88. The second kappa shape index (κ2) is 4.46. The van der Waals surface area contributed by atoms with Gasteiger partial charge in [0.15, 0.2) is 5.78 Å². The second-order valence-electron chi connectivity index (χ2n) is 4.11. The minimum Gasteiger partial charge on any atom is -0.497 e. The zero-order valence-corrected chi connectivity index (χ0v) is 10.7. The van der Waals surface area contributed by atoms with E-state index in [9.17, 15) is 4.79 Å². The van der Waals surface area contributed by atoms with Crippen molar-refractivity contribution in [1.29, 1.82) is 0 Å². The van der Waals surface area contributed by atoms with Gasteiger partial charge in [0.25, 0.3) is 0 Å². The quantitative estimate of drug-likeness (QED) is 0.829. The summed E-state index contributed by atoms with van der Waals surface area (Å²) in [5, 5.41) is 1.99. The van der Waals surface area contributed by atoms with E-state index in [0.717, 1.165) is 4.88 Å². The van der Waals surface area contributed by atoms with Crippen molar-refractivity contribution in [3.63, 3.8) is 0 Å². The van der Waals surface area contributed by atoms with Crippen molar-refractivity contribution in [2.75, 3.05) is 7.11 Å². The predicted octanol–water partition coefficient (Wildman–Crippen LogP) is 3.46. The van der Waals surface area contributed by atoms with Crippen LogP contribution >= 0.6 is 11.3 Å². The summed E-state index contributed by atoms with van der Waals surface area (Å²) >= 11 is 1.61. The molecule has 18 heavy (non-hydrogen) atoms. The highest BCUT2D eigenvalue weighted by atomic mass is 32.1. The van der Waals surface area contributed by atoms with E-state index < -0.39 is 0 Å². The molecule has 0 aliphatic carbocycles. The van der Waals surface area contributed by atoms with Crippen molar-refractivity contribution in [2.45, 2.75) is 12.5 Å². The molecule has 0 fully saturated rings. The molecule has 92 valence electrons. The Morgan fingerprint density at radius 1 is 1.39 bits per heavy atom. The molecule has 0 spiro atoms. The molecule has 1 aliphatic rings. The van der Waals surface area contributed by atoms with Gasteiger partial charge < -0.3 is 9.47 Å². The lowest BCUT2D eigenvalue weighted by molar-refractivity contribution is 0.0854. The Morgan fingerprint density at radius 2 is 2.28 bits per heavy atom. The first-order valence-electron chi connectivity index (χ1n) is 5.69. The zero-order chi connectivity index (χ0) is 12.5. The van der Waals surface area contributed by atoms with Gasteiger partial charge in [-0.2, -0.15) is 0 Å². The lowest BCUT2D eigenvalue weighted by Gasteiger charge is -2.24. The number of benzene rings is 1. The van der Waals surface area contributed by atoms with Crippen molar-refractivity contribution in [2.24, 2.45) is 0 Å². The number of Topliss-reactive ketones (excluding diaryl/α,β-unsaturated/α-hetero) is 1. The molecule has 0 N–H and O–H groups in total. The minimum atomic E-state index is -0.169. The Bertz CT molecular complexity index is 575. The van der Waals surface area contributed by atoms with Crippen LogP contribution in [0.25, 0.3) is 0 Å². The molecule has 0 amide bonds. The SMILES string of the molecule is COc1ccc2c(c1)OC(c1cccs1)CC2=O. The van der Waals surface area contributed by atoms with Gasteiger partial charge in [0.2, 0.25) is 0 Å². The van der Waals surface area contributed by atoms with Gasteiger partial charge in [-0.1, -0.05) is 6.07 Å². The minimum absolute atomic E-state index is 0.123. The van der Waals surface area contributed by atoms with Gasteiger partial charge >= 0.3 is 0 Å². The topological polar surface area (TPSA) is 35.5 Å². The Labute approximate surface area is 109 Å². The smallest absolute Gasteiger partial charge is 0.170 e. The monoisotopic (exact) mass is 260 g/mol. The molecule has 0 bridgehead atoms. The van der Waals surface area contributed by atoms with E-state index in [0.29, 0.717) is 23.5 Å². The maximum absolute atomic E-state index is 12.1. The number of ketones is 1. The molecule has 2 aromatic rings. The Kier molecular flexibility index (Phi) is 2.80. The maximum Gasteiger partial charge on any atom is 0.170 e. The number of hydrogen-bond acceptors (Lipinski definition) is 4. The van der Waals surface area contributed by atoms with E-state index >= 15 is 0 Å². The molecule has 1 atom stereocenters. The first-order valence-corrected chi connectivity index (χ1v) is 6.57. The number of rotatable bonds is 2. The lowest BCUT2D eigenvalue weighted by atomic mass is 10.00. The number of methoxy groups -OCH3 is 1. The fourth-order valence-corrected chi connectivity index (χ4v) is 2.82. The van der Waals surface area contributed by atoms with Gasteiger partial charge in [-0.25, -0.2) is 0 Å². The molecule has 2 heterocycles. The fourth-order valence-electron chi connectivity index (χ4n) is 2.06. The van der Waals surface area contributed by atoms with Gasteiger partial charge in [-0.15, -0.1) is 11.3 Å². The second-order valence-corrected chi connectivity index (χ2v) is 5.09. The summed E-state index contributed by atoms with van der Waals surface area (Å²) in [6.45, 7) is 0. The van der Waals surface area contributed by atoms with Crippen molar-refractivity contribution in [3.05, 3.63) is 46.2 Å². The Hall–Kier alpha value is -1.81. The highest BCUT2D eigenvalue weighted by molar-refractivity contribution is 7.10. The van der Waals surface area contributed by atoms with Crippen molar-refractivity contribution < 1.29 is 14.3 Å². The van der Waals surface area contributed by atoms with Gasteiger partial charge in [0.1, 0.15) is 17.6 Å². The highest BCUT2D eigenvalue weighted by Gasteiger charge is 2.28. The summed E-state index contributed by atoms with van der Waals surface area (Å²) in [7, 11) is 1.60. The first-order chi connectivity index (χ1) is 8.78. The van der Waals surface area contributed by atoms with E-state index in [-0.39, 0.29) is 11.9 Å². The van der Waals surface area contributed by atoms with Gasteiger partial charge in [0, 0.05) is 10.9 Å². The average Bonchev–Trinajstić information content (AvgIpc) is 2.91. The van der Waals surface area contributed by atoms with Crippen LogP contribution in [0, 0.1) is 0 Å². The highest BCUT2D eigenvalue weighted by Crippen LogP contribution is 2.38. The molecule has 3 nitrogen and oxygen atoms in total. The zero-order valence-electron chi connectivity index (χ0n) is 9.88. The lowest BCUT2D eigenvalue weighted by Crippen LogP contribution is -2.19. The predicted molar refractivity (Wildman–Crippen MR) is 69.6 cm³/mol. The van der Waals surface area contributed by atoms with Crippen LogP contribution in [-0.4, -0.2) is 12.9 Å². The molecular weight excluding hydrogens is 248 g/mol. The number of thiophene rings is 1. The van der Waals surface area contributed by atoms with Crippen molar-refractivity contribution >= 4 is 17.1 Å². The van der Waals surface area contributed by atoms with E-state index in [1.807, 2.05) is 17.5 Å². The van der Waals surface area contributed by atoms with Crippen LogP contribution in [0.2, 0.25) is 0 Å². The molecule has 4 heteroatoms. The molecular formula is C14H12O3S. The summed E-state index contributed by atoms with van der Waals surface area (Å²) in [5.41, 5.74) is 0.642. The van der Waals surface area contributed by atoms with Gasteiger partial charge in [-0.05, 0) is 23.6 Å². The molecule has 1 unspecified atom stereocenters. The molecule has 1 aliphatic heterocycles. The summed E-state index contributed by atoms with van der Waals surface area (Å²) in [6.07, 6.45) is 0.233. The molecule has 3 rings (SSSR count). The van der Waals surface area contributed by atoms with E-state index in [1.54, 1.807) is 36.6 Å². The number of carbonyl (C=O) groups is 1. The van der Waals surface area contributed by atoms with Crippen molar-refractivity contribution in [3.8, 4) is 11.5 Å². The summed E-state index contributed by atoms with van der Waals surface area (Å²) < 4.78 is 11.1. The molecule has 0 saturated heterocycles. The Balaban J connectivity index is 1.97. The first kappa shape index (κ1) is 11.3. The van der Waals surface area contributed by atoms with Crippen LogP contribution in [0.15, 0.2) is 35.7 Å². The number of hydrogen-bond donors (Lipinski definition) is 0. The number of carbonyl (C=O) groups excluding carboxylic acids is 1. The molecule has 0 radical (unpaired) electrons. The third-order valence-electron chi connectivity index (χ3n) is 2.99. The number of fused-ring (bicyclic) bond motifs is 1. The van der Waals surface area contributed by atoms with Crippen LogP contribution in [-0.2, 0) is 0 Å². The normalized spacial score (nSPS) is 18.1. The summed E-state index contributed by atoms with van der Waals surface area (Å²) in [4.78, 5) is 13.2. The van der Waals surface area contributed by atoms with Gasteiger partial charge in [0.05, 0.1) is 19.1 Å². The summed E-state index contributed by atoms with van der Waals surface area (Å²) in [5.74, 6) is 1.44. The van der Waals surface area contributed by atoms with Crippen LogP contribution in [0.1, 0.15) is 27.8 Å². The average molecular weight is 260 g/mol. The van der Waals surface area contributed by atoms with E-state index in [1.165, 1.54) is 0 Å². The van der Waals surface area contributed by atoms with Crippen LogP contribution in [0.5, 0.6) is 11.5 Å². The third-order valence-corrected chi connectivity index (χ3v) is 3.95. The van der Waals surface area contributed by atoms with Gasteiger partial charge in [-0.3, -0.25) is 4.79 Å². The number of ether oxygens (including phenoxy) is 2. The molecule has 1 aromatic carbocycles. The maximum atomic E-state index is 12.1. The van der Waals surface area contributed by atoms with Crippen LogP contribution < -0.4 is 9.47 Å². The summed E-state index contributed by atoms with van der Waals surface area (Å²) in [6, 6.07) is 9.28. The van der Waals surface area contributed by atoms with Crippen molar-refractivity contribution in [1.82, 2.24) is 0 Å². The standard InChI is InChI=1S/C14H12O3S/c1-16-9-4-5-10-11(15)8-13(17-12(10)7-9)14-3-2-6-18-14/h2-7,13H,8H2,1H3. The van der Waals surface area contributed by atoms with E-state index in [4.69, 9.17) is 9.47 Å². The largest absolute Gasteiger partial charge is 0.497 e. The molecule has 1 aromatic heterocycles. The molecule has 0 saturated carbocycles. The van der Waals surface area contributed by atoms with Crippen LogP contribution in [0.3, 0.4) is 0 Å².